The molecule has 5 heteroatoms. The van der Waals surface area contributed by atoms with E-state index in [0.29, 0.717) is 0 Å². The highest BCUT2D eigenvalue weighted by molar-refractivity contribution is 5.81. The van der Waals surface area contributed by atoms with Gasteiger partial charge in [-0.3, -0.25) is 0 Å². The molecule has 0 aliphatic heterocycles. The topological polar surface area (TPSA) is 75.6 Å². The number of aliphatic carboxylic acids is 1. The van der Waals surface area contributed by atoms with Crippen molar-refractivity contribution >= 4 is 12.1 Å². The minimum Gasteiger partial charge on any atom is -0.480 e. The number of benzene rings is 1. The minimum atomic E-state index is -1.02. The van der Waals surface area contributed by atoms with Gasteiger partial charge in [0.15, 0.2) is 0 Å². The van der Waals surface area contributed by atoms with Crippen LogP contribution in [0.4, 0.5) is 4.79 Å². The molecule has 19 heavy (non-hydrogen) atoms. The predicted molar refractivity (Wildman–Crippen MR) is 68.5 cm³/mol. The summed E-state index contributed by atoms with van der Waals surface area (Å²) in [6, 6.07) is 8.37. The van der Waals surface area contributed by atoms with Gasteiger partial charge < -0.3 is 15.2 Å². The number of hydrogen-bond donors (Lipinski definition) is 2. The molecule has 1 fully saturated rings. The molecule has 1 unspecified atom stereocenters. The molecule has 1 aliphatic rings. The second-order valence-electron chi connectivity index (χ2n) is 5.13. The minimum absolute atomic E-state index is 0.135. The van der Waals surface area contributed by atoms with Crippen LogP contribution in [0.15, 0.2) is 30.3 Å². The summed E-state index contributed by atoms with van der Waals surface area (Å²) < 4.78 is 5.02. The van der Waals surface area contributed by atoms with Gasteiger partial charge >= 0.3 is 12.1 Å². The Balaban J connectivity index is 1.85. The average molecular weight is 263 g/mol. The van der Waals surface area contributed by atoms with Crippen LogP contribution in [0.25, 0.3) is 0 Å². The predicted octanol–water partition coefficient (Wildman–Crippen LogP) is 2.17. The number of alkyl carbamates (subject to hydrolysis) is 1. The van der Waals surface area contributed by atoms with Crippen LogP contribution >= 0.6 is 0 Å². The fourth-order valence-corrected chi connectivity index (χ4v) is 1.90. The van der Waals surface area contributed by atoms with E-state index in [9.17, 15) is 9.59 Å². The van der Waals surface area contributed by atoms with Crippen LogP contribution in [-0.4, -0.2) is 23.2 Å². The molecule has 0 radical (unpaired) electrons. The lowest BCUT2D eigenvalue weighted by Gasteiger charge is -2.20. The van der Waals surface area contributed by atoms with Crippen LogP contribution in [-0.2, 0) is 16.1 Å². The lowest BCUT2D eigenvalue weighted by molar-refractivity contribution is -0.141. The maximum Gasteiger partial charge on any atom is 0.408 e. The molecule has 0 heterocycles. The Labute approximate surface area is 111 Å². The largest absolute Gasteiger partial charge is 0.480 e. The van der Waals surface area contributed by atoms with Crippen molar-refractivity contribution in [1.82, 2.24) is 5.32 Å². The lowest BCUT2D eigenvalue weighted by atomic mass is 9.99. The molecule has 0 spiro atoms. The quantitative estimate of drug-likeness (QED) is 0.853. The van der Waals surface area contributed by atoms with E-state index in [0.717, 1.165) is 18.4 Å². The van der Waals surface area contributed by atoms with Gasteiger partial charge in [0.05, 0.1) is 0 Å². The summed E-state index contributed by atoms with van der Waals surface area (Å²) in [5, 5.41) is 11.5. The average Bonchev–Trinajstić information content (AvgIpc) is 3.13. The van der Waals surface area contributed by atoms with E-state index in [1.54, 1.807) is 0 Å². The van der Waals surface area contributed by atoms with Crippen molar-refractivity contribution in [1.29, 1.82) is 0 Å². The molecular weight excluding hydrogens is 246 g/mol. The summed E-state index contributed by atoms with van der Waals surface area (Å²) in [6.45, 7) is 1.99. The zero-order chi connectivity index (χ0) is 13.9. The van der Waals surface area contributed by atoms with Crippen molar-refractivity contribution in [2.24, 2.45) is 5.41 Å². The first-order valence-corrected chi connectivity index (χ1v) is 6.21. The smallest absolute Gasteiger partial charge is 0.408 e. The van der Waals surface area contributed by atoms with Crippen molar-refractivity contribution < 1.29 is 19.4 Å². The molecule has 0 aromatic heterocycles. The summed E-state index contributed by atoms with van der Waals surface area (Å²) in [5.41, 5.74) is 0.527. The molecule has 102 valence electrons. The van der Waals surface area contributed by atoms with Crippen LogP contribution < -0.4 is 5.32 Å². The summed E-state index contributed by atoms with van der Waals surface area (Å²) >= 11 is 0. The molecule has 0 bridgehead atoms. The highest BCUT2D eigenvalue weighted by Gasteiger charge is 2.49. The first-order valence-electron chi connectivity index (χ1n) is 6.21. The number of carboxylic acids is 1. The lowest BCUT2D eigenvalue weighted by Crippen LogP contribution is -2.46. The van der Waals surface area contributed by atoms with Gasteiger partial charge in [-0.25, -0.2) is 9.59 Å². The van der Waals surface area contributed by atoms with Crippen molar-refractivity contribution in [2.75, 3.05) is 0 Å². The number of amides is 1. The van der Waals surface area contributed by atoms with Gasteiger partial charge in [0.25, 0.3) is 0 Å². The van der Waals surface area contributed by atoms with Crippen molar-refractivity contribution in [2.45, 2.75) is 32.4 Å². The van der Waals surface area contributed by atoms with Gasteiger partial charge in [-0.2, -0.15) is 0 Å². The third-order valence-corrected chi connectivity index (χ3v) is 3.46. The first kappa shape index (κ1) is 13.4. The summed E-state index contributed by atoms with van der Waals surface area (Å²) in [6.07, 6.45) is 0.927. The third-order valence-electron chi connectivity index (χ3n) is 3.46. The zero-order valence-corrected chi connectivity index (χ0v) is 10.8. The maximum absolute atomic E-state index is 11.6. The molecule has 1 amide bonds. The van der Waals surface area contributed by atoms with Gasteiger partial charge in [0, 0.05) is 0 Å². The van der Waals surface area contributed by atoms with E-state index in [-0.39, 0.29) is 12.0 Å². The molecular formula is C14H17NO4. The summed E-state index contributed by atoms with van der Waals surface area (Å²) in [7, 11) is 0. The molecule has 1 atom stereocenters. The van der Waals surface area contributed by atoms with E-state index < -0.39 is 18.1 Å². The second-order valence-corrected chi connectivity index (χ2v) is 5.13. The number of rotatable bonds is 5. The fraction of sp³-hybridized carbons (Fsp3) is 0.429. The van der Waals surface area contributed by atoms with Crippen LogP contribution in [0.5, 0.6) is 0 Å². The van der Waals surface area contributed by atoms with Gasteiger partial charge in [0.2, 0.25) is 0 Å². The second kappa shape index (κ2) is 5.30. The fourth-order valence-electron chi connectivity index (χ4n) is 1.90. The zero-order valence-electron chi connectivity index (χ0n) is 10.8. The highest BCUT2D eigenvalue weighted by atomic mass is 16.5. The number of hydrogen-bond acceptors (Lipinski definition) is 3. The van der Waals surface area contributed by atoms with E-state index in [1.165, 1.54) is 0 Å². The third kappa shape index (κ3) is 3.47. The van der Waals surface area contributed by atoms with Crippen molar-refractivity contribution in [3.63, 3.8) is 0 Å². The van der Waals surface area contributed by atoms with Crippen LogP contribution in [0.2, 0.25) is 0 Å². The molecule has 1 aromatic rings. The summed E-state index contributed by atoms with van der Waals surface area (Å²) in [4.78, 5) is 22.7. The van der Waals surface area contributed by atoms with Gasteiger partial charge in [-0.1, -0.05) is 37.3 Å². The SMILES string of the molecule is CC1(C(NC(=O)OCc2ccccc2)C(=O)O)CC1. The maximum atomic E-state index is 11.6. The summed E-state index contributed by atoms with van der Waals surface area (Å²) in [5.74, 6) is -1.02. The number of carbonyl (C=O) groups excluding carboxylic acids is 1. The van der Waals surface area contributed by atoms with Gasteiger partial charge in [-0.05, 0) is 23.8 Å². The number of ether oxygens (including phenoxy) is 1. The Morgan fingerprint density at radius 1 is 1.37 bits per heavy atom. The Bertz CT molecular complexity index is 468. The molecule has 5 nitrogen and oxygen atoms in total. The van der Waals surface area contributed by atoms with Crippen LogP contribution in [0.1, 0.15) is 25.3 Å². The molecule has 1 saturated carbocycles. The number of carbonyl (C=O) groups is 2. The first-order chi connectivity index (χ1) is 9.01. The molecule has 2 N–H and O–H groups in total. The van der Waals surface area contributed by atoms with E-state index in [1.807, 2.05) is 37.3 Å². The van der Waals surface area contributed by atoms with Crippen molar-refractivity contribution in [3.8, 4) is 0 Å². The highest BCUT2D eigenvalue weighted by Crippen LogP contribution is 2.48. The van der Waals surface area contributed by atoms with E-state index >= 15 is 0 Å². The van der Waals surface area contributed by atoms with Crippen LogP contribution in [0, 0.1) is 5.41 Å². The molecule has 0 saturated heterocycles. The van der Waals surface area contributed by atoms with E-state index in [2.05, 4.69) is 5.32 Å². The number of carboxylic acid groups (broad SMARTS) is 1. The Kier molecular flexibility index (Phi) is 3.74. The molecule has 2 rings (SSSR count). The Morgan fingerprint density at radius 2 is 2.00 bits per heavy atom. The van der Waals surface area contributed by atoms with Crippen LogP contribution in [0.3, 0.4) is 0 Å². The molecule has 1 aliphatic carbocycles. The normalized spacial score (nSPS) is 17.3. The standard InChI is InChI=1S/C14H17NO4/c1-14(7-8-14)11(12(16)17)15-13(18)19-9-10-5-3-2-4-6-10/h2-6,11H,7-9H2,1H3,(H,15,18)(H,16,17). The number of nitrogens with one attached hydrogen (secondary N) is 1. The van der Waals surface area contributed by atoms with Gasteiger partial charge in [0.1, 0.15) is 12.6 Å². The molecule has 1 aromatic carbocycles. The monoisotopic (exact) mass is 263 g/mol. The van der Waals surface area contributed by atoms with E-state index in [4.69, 9.17) is 9.84 Å². The van der Waals surface area contributed by atoms with Gasteiger partial charge in [-0.15, -0.1) is 0 Å². The Morgan fingerprint density at radius 3 is 2.53 bits per heavy atom. The van der Waals surface area contributed by atoms with Crippen molar-refractivity contribution in [3.05, 3.63) is 35.9 Å². The Hall–Kier alpha value is -2.04.